The van der Waals surface area contributed by atoms with E-state index in [0.717, 1.165) is 11.9 Å². The molecule has 0 aliphatic heterocycles. The second-order valence-corrected chi connectivity index (χ2v) is 4.08. The first-order valence-corrected chi connectivity index (χ1v) is 5.80. The molecule has 78 valence electrons. The molecule has 0 aliphatic carbocycles. The van der Waals surface area contributed by atoms with Crippen LogP contribution in [0.5, 0.6) is 0 Å². The van der Waals surface area contributed by atoms with Crippen LogP contribution in [-0.2, 0) is 11.3 Å². The fourth-order valence-corrected chi connectivity index (χ4v) is 1.65. The van der Waals surface area contributed by atoms with Gasteiger partial charge in [0.1, 0.15) is 0 Å². The predicted octanol–water partition coefficient (Wildman–Crippen LogP) is 1.78. The molecule has 0 aliphatic rings. The molecule has 0 fully saturated rings. The van der Waals surface area contributed by atoms with Crippen molar-refractivity contribution in [2.45, 2.75) is 25.9 Å². The highest BCUT2D eigenvalue weighted by atomic mass is 79.9. The molecule has 0 aromatic carbocycles. The summed E-state index contributed by atoms with van der Waals surface area (Å²) in [5.41, 5.74) is 0. The van der Waals surface area contributed by atoms with Crippen molar-refractivity contribution < 1.29 is 4.79 Å². The zero-order valence-electron chi connectivity index (χ0n) is 8.24. The molecule has 1 aromatic rings. The number of aromatic nitrogens is 1. The summed E-state index contributed by atoms with van der Waals surface area (Å²) in [4.78, 5) is 11.2. The third kappa shape index (κ3) is 3.96. The van der Waals surface area contributed by atoms with Crippen LogP contribution >= 0.6 is 15.9 Å². The van der Waals surface area contributed by atoms with Gasteiger partial charge in [-0.1, -0.05) is 15.9 Å². The maximum absolute atomic E-state index is 11.2. The zero-order chi connectivity index (χ0) is 10.4. The Kier molecular flexibility index (Phi) is 4.73. The van der Waals surface area contributed by atoms with Crippen molar-refractivity contribution in [2.24, 2.45) is 0 Å². The number of hydrogen-bond acceptors (Lipinski definition) is 1. The van der Waals surface area contributed by atoms with Crippen molar-refractivity contribution in [1.29, 1.82) is 0 Å². The topological polar surface area (TPSA) is 34.0 Å². The SMILES string of the molecule is CC(Cn1cccc1)NC(=O)CCBr. The number of alkyl halides is 1. The van der Waals surface area contributed by atoms with Crippen LogP contribution in [0.1, 0.15) is 13.3 Å². The molecular weight excluding hydrogens is 244 g/mol. The van der Waals surface area contributed by atoms with Crippen LogP contribution in [0.4, 0.5) is 0 Å². The summed E-state index contributed by atoms with van der Waals surface area (Å²) in [5, 5.41) is 3.65. The average molecular weight is 259 g/mol. The highest BCUT2D eigenvalue weighted by molar-refractivity contribution is 9.09. The second-order valence-electron chi connectivity index (χ2n) is 3.29. The van der Waals surface area contributed by atoms with Gasteiger partial charge in [-0.2, -0.15) is 0 Å². The molecule has 1 unspecified atom stereocenters. The standard InChI is InChI=1S/C10H15BrN2O/c1-9(12-10(14)4-5-11)8-13-6-2-3-7-13/h2-3,6-7,9H,4-5,8H2,1H3,(H,12,14). The van der Waals surface area contributed by atoms with Gasteiger partial charge < -0.3 is 9.88 Å². The van der Waals surface area contributed by atoms with Crippen molar-refractivity contribution in [3.05, 3.63) is 24.5 Å². The minimum absolute atomic E-state index is 0.0986. The van der Waals surface area contributed by atoms with E-state index < -0.39 is 0 Å². The third-order valence-electron chi connectivity index (χ3n) is 1.88. The molecule has 0 saturated heterocycles. The van der Waals surface area contributed by atoms with Crippen molar-refractivity contribution in [3.63, 3.8) is 0 Å². The van der Waals surface area contributed by atoms with E-state index in [-0.39, 0.29) is 11.9 Å². The fraction of sp³-hybridized carbons (Fsp3) is 0.500. The number of nitrogens with one attached hydrogen (secondary N) is 1. The van der Waals surface area contributed by atoms with E-state index >= 15 is 0 Å². The first kappa shape index (κ1) is 11.3. The van der Waals surface area contributed by atoms with Gasteiger partial charge in [-0.25, -0.2) is 0 Å². The molecule has 14 heavy (non-hydrogen) atoms. The molecule has 4 heteroatoms. The fourth-order valence-electron chi connectivity index (χ4n) is 1.29. The van der Waals surface area contributed by atoms with Crippen molar-refractivity contribution in [3.8, 4) is 0 Å². The number of carbonyl (C=O) groups excluding carboxylic acids is 1. The minimum atomic E-state index is 0.0986. The Hall–Kier alpha value is -0.770. The molecule has 0 saturated carbocycles. The van der Waals surface area contributed by atoms with Gasteiger partial charge in [0.15, 0.2) is 0 Å². The Morgan fingerprint density at radius 1 is 1.50 bits per heavy atom. The maximum Gasteiger partial charge on any atom is 0.221 e. The van der Waals surface area contributed by atoms with E-state index in [1.807, 2.05) is 31.5 Å². The van der Waals surface area contributed by atoms with Crippen molar-refractivity contribution in [1.82, 2.24) is 9.88 Å². The van der Waals surface area contributed by atoms with Gasteiger partial charge in [-0.05, 0) is 19.1 Å². The van der Waals surface area contributed by atoms with Gasteiger partial charge in [0.2, 0.25) is 5.91 Å². The lowest BCUT2D eigenvalue weighted by Gasteiger charge is -2.14. The molecule has 3 nitrogen and oxygen atoms in total. The number of halogens is 1. The molecule has 1 aromatic heterocycles. The average Bonchev–Trinajstić information content (AvgIpc) is 2.56. The number of nitrogens with zero attached hydrogens (tertiary/aromatic N) is 1. The number of amides is 1. The summed E-state index contributed by atoms with van der Waals surface area (Å²) in [6.07, 6.45) is 4.52. The van der Waals surface area contributed by atoms with Crippen LogP contribution < -0.4 is 5.32 Å². The van der Waals surface area contributed by atoms with Gasteiger partial charge in [-0.3, -0.25) is 4.79 Å². The lowest BCUT2D eigenvalue weighted by molar-refractivity contribution is -0.121. The van der Waals surface area contributed by atoms with Crippen LogP contribution in [0.3, 0.4) is 0 Å². The molecular formula is C10H15BrN2O. The van der Waals surface area contributed by atoms with Crippen LogP contribution in [0.15, 0.2) is 24.5 Å². The molecule has 1 rings (SSSR count). The summed E-state index contributed by atoms with van der Waals surface area (Å²) in [6.45, 7) is 2.83. The van der Waals surface area contributed by atoms with Gasteiger partial charge in [0, 0.05) is 36.7 Å². The van der Waals surface area contributed by atoms with Crippen molar-refractivity contribution >= 4 is 21.8 Å². The summed E-state index contributed by atoms with van der Waals surface area (Å²) in [6, 6.07) is 4.13. The summed E-state index contributed by atoms with van der Waals surface area (Å²) >= 11 is 3.23. The van der Waals surface area contributed by atoms with E-state index in [1.165, 1.54) is 0 Å². The molecule has 1 atom stereocenters. The number of rotatable bonds is 5. The largest absolute Gasteiger partial charge is 0.352 e. The quantitative estimate of drug-likeness (QED) is 0.803. The first-order valence-electron chi connectivity index (χ1n) is 4.68. The third-order valence-corrected chi connectivity index (χ3v) is 2.28. The Morgan fingerprint density at radius 2 is 2.14 bits per heavy atom. The Balaban J connectivity index is 2.29. The van der Waals surface area contributed by atoms with Gasteiger partial charge >= 0.3 is 0 Å². The number of hydrogen-bond donors (Lipinski definition) is 1. The summed E-state index contributed by atoms with van der Waals surface area (Å²) in [7, 11) is 0. The molecule has 1 amide bonds. The van der Waals surface area contributed by atoms with Crippen molar-refractivity contribution in [2.75, 3.05) is 5.33 Å². The van der Waals surface area contributed by atoms with Crippen LogP contribution in [-0.4, -0.2) is 21.8 Å². The van der Waals surface area contributed by atoms with E-state index in [4.69, 9.17) is 0 Å². The highest BCUT2D eigenvalue weighted by Gasteiger charge is 2.06. The van der Waals surface area contributed by atoms with E-state index in [9.17, 15) is 4.79 Å². The molecule has 0 spiro atoms. The maximum atomic E-state index is 11.2. The van der Waals surface area contributed by atoms with Crippen LogP contribution in [0.2, 0.25) is 0 Å². The minimum Gasteiger partial charge on any atom is -0.352 e. The predicted molar refractivity (Wildman–Crippen MR) is 60.4 cm³/mol. The lowest BCUT2D eigenvalue weighted by atomic mass is 10.3. The molecule has 1 heterocycles. The summed E-state index contributed by atoms with van der Waals surface area (Å²) in [5.74, 6) is 0.0986. The Bertz CT molecular complexity index is 272. The molecule has 1 N–H and O–H groups in total. The summed E-state index contributed by atoms with van der Waals surface area (Å²) < 4.78 is 2.05. The monoisotopic (exact) mass is 258 g/mol. The Labute approximate surface area is 92.6 Å². The number of carbonyl (C=O) groups is 1. The van der Waals surface area contributed by atoms with Gasteiger partial charge in [0.05, 0.1) is 0 Å². The van der Waals surface area contributed by atoms with E-state index in [1.54, 1.807) is 0 Å². The van der Waals surface area contributed by atoms with E-state index in [0.29, 0.717) is 6.42 Å². The van der Waals surface area contributed by atoms with Gasteiger partial charge in [0.25, 0.3) is 0 Å². The highest BCUT2D eigenvalue weighted by Crippen LogP contribution is 1.95. The molecule has 0 bridgehead atoms. The van der Waals surface area contributed by atoms with E-state index in [2.05, 4.69) is 25.8 Å². The zero-order valence-corrected chi connectivity index (χ0v) is 9.83. The van der Waals surface area contributed by atoms with Crippen LogP contribution in [0.25, 0.3) is 0 Å². The lowest BCUT2D eigenvalue weighted by Crippen LogP contribution is -2.35. The second kappa shape index (κ2) is 5.86. The smallest absolute Gasteiger partial charge is 0.221 e. The van der Waals surface area contributed by atoms with Gasteiger partial charge in [-0.15, -0.1) is 0 Å². The normalized spacial score (nSPS) is 12.4. The Morgan fingerprint density at radius 3 is 2.71 bits per heavy atom. The molecule has 0 radical (unpaired) electrons. The first-order chi connectivity index (χ1) is 6.72. The van der Waals surface area contributed by atoms with Crippen LogP contribution in [0, 0.1) is 0 Å².